The lowest BCUT2D eigenvalue weighted by atomic mass is 9.73. The number of furan rings is 1. The molecule has 1 aromatic carbocycles. The summed E-state index contributed by atoms with van der Waals surface area (Å²) in [7, 11) is 0. The van der Waals surface area contributed by atoms with Gasteiger partial charge >= 0.3 is 0 Å². The first-order valence-electron chi connectivity index (χ1n) is 9.11. The average molecular weight is 369 g/mol. The molecule has 0 aliphatic heterocycles. The standard InChI is InChI=1S/C21H24N2O2S/c1-12-14-7-5-6-8-16(14)25-18(12)19(24)23-20-22-15-10-9-13(21(2,3)4)11-17(15)26-20/h5-8,13H,9-11H2,1-4H3,(H,22,23,24)/t13-/m0/s1. The highest BCUT2D eigenvalue weighted by Crippen LogP contribution is 2.40. The molecule has 1 amide bonds. The number of anilines is 1. The maximum atomic E-state index is 12.7. The number of aryl methyl sites for hydroxylation is 2. The summed E-state index contributed by atoms with van der Waals surface area (Å²) in [5.41, 5.74) is 3.05. The number of carbonyl (C=O) groups excluding carboxylic acids is 1. The van der Waals surface area contributed by atoms with Crippen LogP contribution in [0.15, 0.2) is 28.7 Å². The number of rotatable bonds is 2. The largest absolute Gasteiger partial charge is 0.451 e. The number of nitrogens with one attached hydrogen (secondary N) is 1. The van der Waals surface area contributed by atoms with Gasteiger partial charge in [-0.15, -0.1) is 11.3 Å². The lowest BCUT2D eigenvalue weighted by Crippen LogP contribution is -2.26. The van der Waals surface area contributed by atoms with Crippen LogP contribution < -0.4 is 5.32 Å². The zero-order valence-corrected chi connectivity index (χ0v) is 16.5. The van der Waals surface area contributed by atoms with Gasteiger partial charge in [-0.1, -0.05) is 39.0 Å². The average Bonchev–Trinajstić information content (AvgIpc) is 3.14. The van der Waals surface area contributed by atoms with E-state index < -0.39 is 0 Å². The molecule has 3 aromatic rings. The molecule has 0 fully saturated rings. The second-order valence-corrected chi connectivity index (χ2v) is 9.28. The number of fused-ring (bicyclic) bond motifs is 2. The second kappa shape index (κ2) is 6.23. The van der Waals surface area contributed by atoms with Crippen LogP contribution >= 0.6 is 11.3 Å². The Morgan fingerprint density at radius 2 is 2.08 bits per heavy atom. The predicted octanol–water partition coefficient (Wildman–Crippen LogP) is 5.60. The highest BCUT2D eigenvalue weighted by molar-refractivity contribution is 7.15. The third-order valence-electron chi connectivity index (χ3n) is 5.43. The molecule has 4 rings (SSSR count). The van der Waals surface area contributed by atoms with Crippen molar-refractivity contribution in [2.75, 3.05) is 5.32 Å². The molecule has 0 spiro atoms. The van der Waals surface area contributed by atoms with Crippen molar-refractivity contribution in [2.24, 2.45) is 11.3 Å². The number of hydrogen-bond acceptors (Lipinski definition) is 4. The molecule has 2 heterocycles. The lowest BCUT2D eigenvalue weighted by Gasteiger charge is -2.33. The van der Waals surface area contributed by atoms with Gasteiger partial charge in [-0.2, -0.15) is 0 Å². The quantitative estimate of drug-likeness (QED) is 0.640. The summed E-state index contributed by atoms with van der Waals surface area (Å²) in [5, 5.41) is 4.60. The molecule has 2 aromatic heterocycles. The van der Waals surface area contributed by atoms with Crippen molar-refractivity contribution < 1.29 is 9.21 Å². The maximum absolute atomic E-state index is 12.7. The van der Waals surface area contributed by atoms with Gasteiger partial charge in [0.15, 0.2) is 10.9 Å². The van der Waals surface area contributed by atoms with E-state index in [1.165, 1.54) is 4.88 Å². The van der Waals surface area contributed by atoms with Crippen LogP contribution in [0.25, 0.3) is 11.0 Å². The summed E-state index contributed by atoms with van der Waals surface area (Å²) in [6.07, 6.45) is 3.21. The van der Waals surface area contributed by atoms with E-state index in [1.54, 1.807) is 11.3 Å². The maximum Gasteiger partial charge on any atom is 0.293 e. The van der Waals surface area contributed by atoms with E-state index in [0.717, 1.165) is 41.5 Å². The van der Waals surface area contributed by atoms with Crippen LogP contribution in [0.2, 0.25) is 0 Å². The van der Waals surface area contributed by atoms with Gasteiger partial charge in [-0.05, 0) is 43.6 Å². The zero-order valence-electron chi connectivity index (χ0n) is 15.7. The molecule has 0 radical (unpaired) electrons. The molecular formula is C21H24N2O2S. The highest BCUT2D eigenvalue weighted by atomic mass is 32.1. The summed E-state index contributed by atoms with van der Waals surface area (Å²) >= 11 is 1.61. The molecule has 4 nitrogen and oxygen atoms in total. The van der Waals surface area contributed by atoms with Gasteiger partial charge in [-0.25, -0.2) is 4.98 Å². The number of benzene rings is 1. The monoisotopic (exact) mass is 368 g/mol. The molecule has 0 unspecified atom stereocenters. The van der Waals surface area contributed by atoms with Crippen LogP contribution in [0, 0.1) is 18.3 Å². The van der Waals surface area contributed by atoms with Crippen LogP contribution in [0.4, 0.5) is 5.13 Å². The SMILES string of the molecule is Cc1c(C(=O)Nc2nc3c(s2)C[C@@H](C(C)(C)C)CC3)oc2ccccc12. The van der Waals surface area contributed by atoms with Crippen molar-refractivity contribution in [1.82, 2.24) is 4.98 Å². The Labute approximate surface area is 157 Å². The molecule has 1 atom stereocenters. The number of para-hydroxylation sites is 1. The van der Waals surface area contributed by atoms with Gasteiger partial charge in [0.05, 0.1) is 5.69 Å². The number of aromatic nitrogens is 1. The third kappa shape index (κ3) is 3.05. The topological polar surface area (TPSA) is 55.1 Å². The van der Waals surface area contributed by atoms with Gasteiger partial charge in [0.1, 0.15) is 5.58 Å². The van der Waals surface area contributed by atoms with Crippen molar-refractivity contribution in [2.45, 2.75) is 47.0 Å². The predicted molar refractivity (Wildman–Crippen MR) is 106 cm³/mol. The number of nitrogens with zero attached hydrogens (tertiary/aromatic N) is 1. The van der Waals surface area contributed by atoms with Crippen LogP contribution in [0.3, 0.4) is 0 Å². The van der Waals surface area contributed by atoms with E-state index in [9.17, 15) is 4.79 Å². The summed E-state index contributed by atoms with van der Waals surface area (Å²) in [5.74, 6) is 0.806. The minimum absolute atomic E-state index is 0.225. The molecule has 0 saturated heterocycles. The minimum atomic E-state index is -0.225. The fourth-order valence-corrected chi connectivity index (χ4v) is 4.80. The van der Waals surface area contributed by atoms with E-state index in [0.29, 0.717) is 22.2 Å². The Kier molecular flexibility index (Phi) is 4.14. The number of amides is 1. The molecule has 1 aliphatic carbocycles. The molecule has 0 bridgehead atoms. The van der Waals surface area contributed by atoms with Crippen LogP contribution in [-0.4, -0.2) is 10.9 Å². The lowest BCUT2D eigenvalue weighted by molar-refractivity contribution is 0.0998. The fraction of sp³-hybridized carbons (Fsp3) is 0.429. The highest BCUT2D eigenvalue weighted by Gasteiger charge is 2.31. The van der Waals surface area contributed by atoms with Crippen molar-refractivity contribution in [3.05, 3.63) is 46.2 Å². The normalized spacial score (nSPS) is 17.3. The first-order valence-corrected chi connectivity index (χ1v) is 9.92. The van der Waals surface area contributed by atoms with E-state index >= 15 is 0 Å². The minimum Gasteiger partial charge on any atom is -0.451 e. The van der Waals surface area contributed by atoms with Crippen molar-refractivity contribution in [3.63, 3.8) is 0 Å². The van der Waals surface area contributed by atoms with Crippen LogP contribution in [0.1, 0.15) is 53.9 Å². The Bertz CT molecular complexity index is 978. The Hall–Kier alpha value is -2.14. The van der Waals surface area contributed by atoms with Crippen molar-refractivity contribution >= 4 is 33.3 Å². The Morgan fingerprint density at radius 3 is 2.81 bits per heavy atom. The number of carbonyl (C=O) groups is 1. The smallest absolute Gasteiger partial charge is 0.293 e. The number of thiazole rings is 1. The van der Waals surface area contributed by atoms with E-state index in [-0.39, 0.29) is 5.91 Å². The van der Waals surface area contributed by atoms with E-state index in [2.05, 4.69) is 31.1 Å². The van der Waals surface area contributed by atoms with Gasteiger partial charge < -0.3 is 4.42 Å². The third-order valence-corrected chi connectivity index (χ3v) is 6.47. The van der Waals surface area contributed by atoms with Gasteiger partial charge in [0.2, 0.25) is 0 Å². The Balaban J connectivity index is 1.56. The second-order valence-electron chi connectivity index (χ2n) is 8.20. The summed E-state index contributed by atoms with van der Waals surface area (Å²) in [4.78, 5) is 18.7. The molecule has 1 N–H and O–H groups in total. The van der Waals surface area contributed by atoms with Crippen molar-refractivity contribution in [3.8, 4) is 0 Å². The fourth-order valence-electron chi connectivity index (χ4n) is 3.71. The molecule has 0 saturated carbocycles. The first kappa shape index (κ1) is 17.3. The van der Waals surface area contributed by atoms with E-state index in [4.69, 9.17) is 4.42 Å². The first-order chi connectivity index (χ1) is 12.3. The molecular weight excluding hydrogens is 344 g/mol. The Morgan fingerprint density at radius 1 is 1.31 bits per heavy atom. The summed E-state index contributed by atoms with van der Waals surface area (Å²) in [6.45, 7) is 8.83. The molecule has 5 heteroatoms. The van der Waals surface area contributed by atoms with Gasteiger partial charge in [0.25, 0.3) is 5.91 Å². The molecule has 136 valence electrons. The van der Waals surface area contributed by atoms with Crippen LogP contribution in [-0.2, 0) is 12.8 Å². The number of hydrogen-bond donors (Lipinski definition) is 1. The summed E-state index contributed by atoms with van der Waals surface area (Å²) in [6, 6.07) is 7.72. The molecule has 26 heavy (non-hydrogen) atoms. The van der Waals surface area contributed by atoms with E-state index in [1.807, 2.05) is 31.2 Å². The molecule has 1 aliphatic rings. The summed E-state index contributed by atoms with van der Waals surface area (Å²) < 4.78 is 5.76. The van der Waals surface area contributed by atoms with Crippen molar-refractivity contribution in [1.29, 1.82) is 0 Å². The van der Waals surface area contributed by atoms with Crippen LogP contribution in [0.5, 0.6) is 0 Å². The van der Waals surface area contributed by atoms with Gasteiger partial charge in [0, 0.05) is 15.8 Å². The van der Waals surface area contributed by atoms with Gasteiger partial charge in [-0.3, -0.25) is 10.1 Å². The zero-order chi connectivity index (χ0) is 18.5.